The summed E-state index contributed by atoms with van der Waals surface area (Å²) in [5, 5.41) is 12.7. The number of β-lactam (4-membered cyclic amide) rings is 1. The molecule has 5 atom stereocenters. The van der Waals surface area contributed by atoms with Crippen LogP contribution in [-0.2, 0) is 33.4 Å². The van der Waals surface area contributed by atoms with Crippen LogP contribution in [0.1, 0.15) is 31.2 Å². The monoisotopic (exact) mass is 627 g/mol. The minimum Gasteiger partial charge on any atom is -0.477 e. The highest BCUT2D eigenvalue weighted by molar-refractivity contribution is 8.00. The summed E-state index contributed by atoms with van der Waals surface area (Å²) in [6.07, 6.45) is -0.224. The summed E-state index contributed by atoms with van der Waals surface area (Å²) in [5.74, 6) is -5.98. The molecule has 3 rings (SSSR count). The topological polar surface area (TPSA) is 165 Å². The number of fused-ring (bicyclic) bond motifs is 1. The zero-order valence-electron chi connectivity index (χ0n) is 20.0. The lowest BCUT2D eigenvalue weighted by Crippen LogP contribution is -2.71. The van der Waals surface area contributed by atoms with Gasteiger partial charge in [0.25, 0.3) is 5.91 Å². The Labute approximate surface area is 240 Å². The van der Waals surface area contributed by atoms with Crippen molar-refractivity contribution in [2.75, 3.05) is 13.2 Å². The van der Waals surface area contributed by atoms with Gasteiger partial charge in [0.2, 0.25) is 9.70 Å². The summed E-state index contributed by atoms with van der Waals surface area (Å²) in [7, 11) is 0. The Hall–Kier alpha value is -2.03. The van der Waals surface area contributed by atoms with Gasteiger partial charge in [-0.1, -0.05) is 40.9 Å². The highest BCUT2D eigenvalue weighted by atomic mass is 35.6. The number of nitrogens with one attached hydrogen (secondary N) is 1. The number of carboxylic acid groups (broad SMARTS) is 1. The third-order valence-electron chi connectivity index (χ3n) is 5.76. The van der Waals surface area contributed by atoms with Gasteiger partial charge in [-0.15, -0.1) is 23.1 Å². The average molecular weight is 629 g/mol. The minimum atomic E-state index is -1.91. The maximum absolute atomic E-state index is 12.9. The maximum Gasteiger partial charge on any atom is 0.352 e. The molecule has 1 saturated heterocycles. The molecule has 1 aromatic rings. The van der Waals surface area contributed by atoms with Gasteiger partial charge in [-0.05, 0) is 37.3 Å². The molecule has 38 heavy (non-hydrogen) atoms. The number of carbonyl (C=O) groups is 5. The molecule has 0 radical (unpaired) electrons. The Morgan fingerprint density at radius 3 is 2.45 bits per heavy atom. The van der Waals surface area contributed by atoms with E-state index in [1.165, 1.54) is 18.3 Å². The normalized spacial score (nSPS) is 22.6. The first-order chi connectivity index (χ1) is 17.8. The number of amides is 2. The number of alkyl halides is 3. The molecule has 1 aromatic heterocycles. The zero-order valence-corrected chi connectivity index (χ0v) is 23.9. The number of hydrogen-bond acceptors (Lipinski definition) is 10. The van der Waals surface area contributed by atoms with Crippen LogP contribution in [-0.4, -0.2) is 73.4 Å². The van der Waals surface area contributed by atoms with E-state index in [2.05, 4.69) is 5.32 Å². The molecule has 4 N–H and O–H groups in total. The molecule has 2 amide bonds. The van der Waals surface area contributed by atoms with Crippen LogP contribution in [0.5, 0.6) is 0 Å². The first-order valence-corrected chi connectivity index (χ1v) is 14.1. The molecule has 3 heterocycles. The molecular weight excluding hydrogens is 605 g/mol. The number of thiophene rings is 1. The average Bonchev–Trinajstić information content (AvgIpc) is 3.38. The Morgan fingerprint density at radius 2 is 1.89 bits per heavy atom. The number of nitrogens with zero attached hydrogens (tertiary/aromatic N) is 1. The smallest absolute Gasteiger partial charge is 0.352 e. The summed E-state index contributed by atoms with van der Waals surface area (Å²) in [5.41, 5.74) is 5.95. The third kappa shape index (κ3) is 6.75. The standard InChI is InChI=1S/C22H24Cl3N3O8S2/c1-3-35-20(33)10(21(34)36-8-22(23,24)25)7-12-9(2)15(19(31)32)28-17(30)14(18(28)38-12)27-16(29)13(26)11-5-4-6-37-11/h4-6,10,12-14,18H,3,7-8,26H2,1-2H3,(H,27,29)(H,31,32)/t10?,12?,13?,14?,18-/m0/s1. The number of esters is 2. The SMILES string of the molecule is CCOC(=O)C(CC1S[C@H]2C(NC(=O)C(N)c3cccs3)C(=O)N2C(C(=O)O)=C1C)C(=O)OCC(Cl)(Cl)Cl. The number of carbonyl (C=O) groups excluding carboxylic acids is 4. The number of halogens is 3. The Balaban J connectivity index is 1.83. The fourth-order valence-electron chi connectivity index (χ4n) is 3.93. The van der Waals surface area contributed by atoms with Crippen LogP contribution >= 0.6 is 57.9 Å². The number of thioether (sulfide) groups is 1. The molecule has 1 fully saturated rings. The van der Waals surface area contributed by atoms with Crippen LogP contribution in [0.2, 0.25) is 0 Å². The lowest BCUT2D eigenvalue weighted by atomic mass is 9.95. The van der Waals surface area contributed by atoms with E-state index >= 15 is 0 Å². The Kier molecular flexibility index (Phi) is 9.98. The van der Waals surface area contributed by atoms with Gasteiger partial charge >= 0.3 is 17.9 Å². The van der Waals surface area contributed by atoms with Gasteiger partial charge in [0.05, 0.1) is 6.61 Å². The van der Waals surface area contributed by atoms with E-state index < -0.39 is 68.7 Å². The highest BCUT2D eigenvalue weighted by Gasteiger charge is 2.56. The molecule has 2 aliphatic rings. The van der Waals surface area contributed by atoms with E-state index in [0.717, 1.165) is 16.7 Å². The lowest BCUT2D eigenvalue weighted by molar-refractivity contribution is -0.162. The second-order valence-electron chi connectivity index (χ2n) is 8.30. The molecule has 16 heteroatoms. The van der Waals surface area contributed by atoms with E-state index in [1.54, 1.807) is 24.4 Å². The van der Waals surface area contributed by atoms with Crippen molar-refractivity contribution < 1.29 is 38.6 Å². The minimum absolute atomic E-state index is 0.0242. The van der Waals surface area contributed by atoms with E-state index in [4.69, 9.17) is 50.0 Å². The van der Waals surface area contributed by atoms with E-state index in [-0.39, 0.29) is 24.3 Å². The first kappa shape index (κ1) is 30.5. The van der Waals surface area contributed by atoms with Gasteiger partial charge in [-0.3, -0.25) is 24.1 Å². The lowest BCUT2D eigenvalue weighted by Gasteiger charge is -2.51. The molecule has 4 unspecified atom stereocenters. The van der Waals surface area contributed by atoms with Gasteiger partial charge in [-0.2, -0.15) is 0 Å². The van der Waals surface area contributed by atoms with Gasteiger partial charge in [-0.25, -0.2) is 4.79 Å². The van der Waals surface area contributed by atoms with E-state index in [1.807, 2.05) is 0 Å². The second-order valence-corrected chi connectivity index (χ2v) is 13.1. The molecule has 0 spiro atoms. The van der Waals surface area contributed by atoms with Crippen LogP contribution in [0.4, 0.5) is 0 Å². The van der Waals surface area contributed by atoms with Crippen LogP contribution in [0, 0.1) is 5.92 Å². The molecular formula is C22H24Cl3N3O8S2. The predicted octanol–water partition coefficient (Wildman–Crippen LogP) is 2.36. The van der Waals surface area contributed by atoms with Crippen LogP contribution in [0.3, 0.4) is 0 Å². The number of hydrogen-bond donors (Lipinski definition) is 3. The van der Waals surface area contributed by atoms with Crippen LogP contribution < -0.4 is 11.1 Å². The van der Waals surface area contributed by atoms with Gasteiger partial charge in [0, 0.05) is 10.1 Å². The van der Waals surface area contributed by atoms with E-state index in [9.17, 15) is 29.1 Å². The number of carboxylic acids is 1. The van der Waals surface area contributed by atoms with Gasteiger partial charge in [0.1, 0.15) is 29.8 Å². The summed E-state index contributed by atoms with van der Waals surface area (Å²) in [6.45, 7) is 2.39. The van der Waals surface area contributed by atoms with Crippen LogP contribution in [0.15, 0.2) is 28.8 Å². The summed E-state index contributed by atoms with van der Waals surface area (Å²) >= 11 is 19.3. The van der Waals surface area contributed by atoms with Crippen molar-refractivity contribution in [2.24, 2.45) is 11.7 Å². The molecule has 0 aliphatic carbocycles. The van der Waals surface area contributed by atoms with Crippen molar-refractivity contribution in [1.29, 1.82) is 0 Å². The number of nitrogens with two attached hydrogens (primary N) is 1. The van der Waals surface area contributed by atoms with Crippen LogP contribution in [0.25, 0.3) is 0 Å². The quantitative estimate of drug-likeness (QED) is 0.152. The third-order valence-corrected chi connectivity index (χ3v) is 8.68. The summed E-state index contributed by atoms with van der Waals surface area (Å²) in [4.78, 5) is 64.7. The maximum atomic E-state index is 12.9. The van der Waals surface area contributed by atoms with Crippen molar-refractivity contribution in [3.63, 3.8) is 0 Å². The number of ether oxygens (including phenoxy) is 2. The molecule has 0 saturated carbocycles. The van der Waals surface area contributed by atoms with Crippen molar-refractivity contribution >= 4 is 87.6 Å². The first-order valence-electron chi connectivity index (χ1n) is 11.2. The molecule has 11 nitrogen and oxygen atoms in total. The largest absolute Gasteiger partial charge is 0.477 e. The van der Waals surface area contributed by atoms with Crippen molar-refractivity contribution in [1.82, 2.24) is 10.2 Å². The highest BCUT2D eigenvalue weighted by Crippen LogP contribution is 2.46. The molecule has 2 aliphatic heterocycles. The Bertz CT molecular complexity index is 1140. The second kappa shape index (κ2) is 12.4. The molecule has 0 bridgehead atoms. The van der Waals surface area contributed by atoms with E-state index in [0.29, 0.717) is 4.88 Å². The van der Waals surface area contributed by atoms with Gasteiger partial charge < -0.3 is 25.6 Å². The Morgan fingerprint density at radius 1 is 1.24 bits per heavy atom. The fraction of sp³-hybridized carbons (Fsp3) is 0.500. The van der Waals surface area contributed by atoms with Gasteiger partial charge in [0.15, 0.2) is 5.92 Å². The predicted molar refractivity (Wildman–Crippen MR) is 142 cm³/mol. The number of aliphatic carboxylic acids is 1. The zero-order chi connectivity index (χ0) is 28.4. The fourth-order valence-corrected chi connectivity index (χ4v) is 6.45. The van der Waals surface area contributed by atoms with Crippen molar-refractivity contribution in [3.8, 4) is 0 Å². The molecule has 0 aromatic carbocycles. The van der Waals surface area contributed by atoms with Crippen molar-refractivity contribution in [2.45, 2.75) is 46.8 Å². The van der Waals surface area contributed by atoms with Crippen molar-refractivity contribution in [3.05, 3.63) is 33.7 Å². The summed E-state index contributed by atoms with van der Waals surface area (Å²) < 4.78 is 8.08. The summed E-state index contributed by atoms with van der Waals surface area (Å²) in [6, 6.07) is 1.33. The molecule has 208 valence electrons. The number of rotatable bonds is 10.